The van der Waals surface area contributed by atoms with Crippen molar-refractivity contribution >= 4 is 23.5 Å². The number of non-ortho nitro benzene ring substituents is 1. The lowest BCUT2D eigenvalue weighted by atomic mass is 9.92. The molecule has 1 heterocycles. The van der Waals surface area contributed by atoms with E-state index in [1.165, 1.54) is 31.2 Å². The molecule has 1 aromatic rings. The van der Waals surface area contributed by atoms with Crippen molar-refractivity contribution in [2.45, 2.75) is 58.5 Å². The average molecular weight is 404 g/mol. The molecule has 0 saturated carbocycles. The number of nitro groups is 1. The van der Waals surface area contributed by atoms with E-state index in [9.17, 15) is 24.5 Å². The second kappa shape index (κ2) is 9.02. The van der Waals surface area contributed by atoms with Gasteiger partial charge >= 0.3 is 6.03 Å². The second-order valence-corrected chi connectivity index (χ2v) is 7.45. The van der Waals surface area contributed by atoms with Crippen LogP contribution in [0, 0.1) is 10.1 Å². The van der Waals surface area contributed by atoms with Gasteiger partial charge in [-0.2, -0.15) is 0 Å². The van der Waals surface area contributed by atoms with Crippen molar-refractivity contribution in [1.29, 1.82) is 0 Å². The Kier molecular flexibility index (Phi) is 6.94. The first-order chi connectivity index (χ1) is 13.7. The van der Waals surface area contributed by atoms with E-state index in [-0.39, 0.29) is 24.2 Å². The highest BCUT2D eigenvalue weighted by atomic mass is 16.6. The first-order valence-electron chi connectivity index (χ1n) is 9.84. The summed E-state index contributed by atoms with van der Waals surface area (Å²) >= 11 is 0. The number of urea groups is 1. The average Bonchev–Trinajstić information content (AvgIpc) is 2.92. The fourth-order valence-electron chi connectivity index (χ4n) is 3.32. The molecule has 0 aromatic heterocycles. The molecule has 158 valence electrons. The SMILES string of the molecule is CCCCN(C(=O)CN1C(=O)NC(C)(c2ccc([N+](=O)[O-])cc2)C1=O)C(C)CC. The van der Waals surface area contributed by atoms with Gasteiger partial charge in [-0.25, -0.2) is 4.79 Å². The van der Waals surface area contributed by atoms with E-state index < -0.39 is 22.4 Å². The number of unbranched alkanes of at least 4 members (excludes halogenated alkanes) is 1. The lowest BCUT2D eigenvalue weighted by molar-refractivity contribution is -0.384. The molecule has 1 fully saturated rings. The molecule has 2 unspecified atom stereocenters. The van der Waals surface area contributed by atoms with Gasteiger partial charge in [0.1, 0.15) is 12.1 Å². The van der Waals surface area contributed by atoms with Gasteiger partial charge in [0.15, 0.2) is 0 Å². The minimum absolute atomic E-state index is 0.0101. The smallest absolute Gasteiger partial charge is 0.325 e. The number of carbonyl (C=O) groups excluding carboxylic acids is 3. The minimum Gasteiger partial charge on any atom is -0.338 e. The third kappa shape index (κ3) is 4.55. The van der Waals surface area contributed by atoms with Gasteiger partial charge in [0.25, 0.3) is 11.6 Å². The van der Waals surface area contributed by atoms with Crippen LogP contribution in [0.5, 0.6) is 0 Å². The number of hydrogen-bond donors (Lipinski definition) is 1. The number of hydrogen-bond acceptors (Lipinski definition) is 5. The normalized spacial score (nSPS) is 19.8. The summed E-state index contributed by atoms with van der Waals surface area (Å²) in [7, 11) is 0. The lowest BCUT2D eigenvalue weighted by Gasteiger charge is -2.30. The number of imide groups is 1. The van der Waals surface area contributed by atoms with Crippen molar-refractivity contribution in [1.82, 2.24) is 15.1 Å². The molecule has 1 aromatic carbocycles. The summed E-state index contributed by atoms with van der Waals surface area (Å²) in [6.07, 6.45) is 2.55. The Morgan fingerprint density at radius 2 is 1.90 bits per heavy atom. The second-order valence-electron chi connectivity index (χ2n) is 7.45. The number of nitrogens with zero attached hydrogens (tertiary/aromatic N) is 3. The zero-order valence-corrected chi connectivity index (χ0v) is 17.3. The van der Waals surface area contributed by atoms with Crippen LogP contribution in [0.4, 0.5) is 10.5 Å². The first-order valence-corrected chi connectivity index (χ1v) is 9.84. The van der Waals surface area contributed by atoms with Crippen molar-refractivity contribution in [3.63, 3.8) is 0 Å². The fourth-order valence-corrected chi connectivity index (χ4v) is 3.32. The maximum atomic E-state index is 13.0. The van der Waals surface area contributed by atoms with Crippen LogP contribution in [0.2, 0.25) is 0 Å². The highest BCUT2D eigenvalue weighted by Gasteiger charge is 2.49. The van der Waals surface area contributed by atoms with Gasteiger partial charge in [0.05, 0.1) is 4.92 Å². The first kappa shape index (κ1) is 22.3. The summed E-state index contributed by atoms with van der Waals surface area (Å²) in [5.74, 6) is -0.825. The summed E-state index contributed by atoms with van der Waals surface area (Å²) in [4.78, 5) is 51.3. The molecule has 1 aliphatic rings. The molecule has 0 spiro atoms. The molecule has 29 heavy (non-hydrogen) atoms. The van der Waals surface area contributed by atoms with Crippen LogP contribution >= 0.6 is 0 Å². The number of nitro benzene ring substituents is 1. The number of amides is 4. The molecule has 9 heteroatoms. The summed E-state index contributed by atoms with van der Waals surface area (Å²) in [6.45, 7) is 7.74. The summed E-state index contributed by atoms with van der Waals surface area (Å²) in [6, 6.07) is 4.80. The predicted octanol–water partition coefficient (Wildman–Crippen LogP) is 2.79. The van der Waals surface area contributed by atoms with E-state index in [1.807, 2.05) is 20.8 Å². The van der Waals surface area contributed by atoms with Gasteiger partial charge < -0.3 is 10.2 Å². The highest BCUT2D eigenvalue weighted by Crippen LogP contribution is 2.30. The Morgan fingerprint density at radius 1 is 1.28 bits per heavy atom. The lowest BCUT2D eigenvalue weighted by Crippen LogP contribution is -2.47. The van der Waals surface area contributed by atoms with Gasteiger partial charge in [0.2, 0.25) is 5.91 Å². The Hall–Kier alpha value is -2.97. The molecule has 2 atom stereocenters. The Morgan fingerprint density at radius 3 is 2.41 bits per heavy atom. The van der Waals surface area contributed by atoms with E-state index in [1.54, 1.807) is 4.90 Å². The van der Waals surface area contributed by atoms with Crippen molar-refractivity contribution in [2.24, 2.45) is 0 Å². The molecule has 0 aliphatic carbocycles. The maximum Gasteiger partial charge on any atom is 0.325 e. The van der Waals surface area contributed by atoms with Gasteiger partial charge in [-0.15, -0.1) is 0 Å². The number of benzene rings is 1. The van der Waals surface area contributed by atoms with Gasteiger partial charge in [-0.05, 0) is 44.4 Å². The van der Waals surface area contributed by atoms with E-state index >= 15 is 0 Å². The molecule has 1 N–H and O–H groups in total. The van der Waals surface area contributed by atoms with Gasteiger partial charge in [-0.3, -0.25) is 24.6 Å². The number of nitrogens with one attached hydrogen (secondary N) is 1. The van der Waals surface area contributed by atoms with E-state index in [4.69, 9.17) is 0 Å². The zero-order chi connectivity index (χ0) is 21.8. The molecule has 9 nitrogen and oxygen atoms in total. The van der Waals surface area contributed by atoms with Crippen molar-refractivity contribution in [2.75, 3.05) is 13.1 Å². The van der Waals surface area contributed by atoms with Crippen molar-refractivity contribution in [3.8, 4) is 0 Å². The third-order valence-electron chi connectivity index (χ3n) is 5.42. The number of carbonyl (C=O) groups is 3. The van der Waals surface area contributed by atoms with Crippen LogP contribution in [-0.4, -0.2) is 51.7 Å². The molecule has 1 saturated heterocycles. The third-order valence-corrected chi connectivity index (χ3v) is 5.42. The maximum absolute atomic E-state index is 13.0. The summed E-state index contributed by atoms with van der Waals surface area (Å²) < 4.78 is 0. The zero-order valence-electron chi connectivity index (χ0n) is 17.3. The van der Waals surface area contributed by atoms with Crippen LogP contribution in [0.25, 0.3) is 0 Å². The molecular weight excluding hydrogens is 376 g/mol. The van der Waals surface area contributed by atoms with Crippen molar-refractivity contribution < 1.29 is 19.3 Å². The highest BCUT2D eigenvalue weighted by molar-refractivity contribution is 6.09. The molecule has 0 bridgehead atoms. The Balaban J connectivity index is 2.20. The molecule has 2 rings (SSSR count). The molecular formula is C20H28N4O5. The van der Waals surface area contributed by atoms with Crippen LogP contribution < -0.4 is 5.32 Å². The standard InChI is InChI=1S/C20H28N4O5/c1-5-7-12-22(14(3)6-2)17(25)13-23-18(26)20(4,21-19(23)27)15-8-10-16(11-9-15)24(28)29/h8-11,14H,5-7,12-13H2,1-4H3,(H,21,27). The predicted molar refractivity (Wildman–Crippen MR) is 107 cm³/mol. The number of rotatable bonds is 9. The molecule has 4 amide bonds. The Labute approximate surface area is 170 Å². The Bertz CT molecular complexity index is 795. The monoisotopic (exact) mass is 404 g/mol. The molecule has 0 radical (unpaired) electrons. The van der Waals surface area contributed by atoms with Gasteiger partial charge in [0, 0.05) is 24.7 Å². The van der Waals surface area contributed by atoms with Gasteiger partial charge in [-0.1, -0.05) is 20.3 Å². The largest absolute Gasteiger partial charge is 0.338 e. The van der Waals surface area contributed by atoms with Crippen LogP contribution in [-0.2, 0) is 15.1 Å². The van der Waals surface area contributed by atoms with E-state index in [2.05, 4.69) is 5.32 Å². The van der Waals surface area contributed by atoms with Crippen LogP contribution in [0.1, 0.15) is 52.5 Å². The summed E-state index contributed by atoms with van der Waals surface area (Å²) in [5, 5.41) is 13.5. The quantitative estimate of drug-likeness (QED) is 0.386. The molecule has 1 aliphatic heterocycles. The van der Waals surface area contributed by atoms with Crippen LogP contribution in [0.3, 0.4) is 0 Å². The minimum atomic E-state index is -1.38. The van der Waals surface area contributed by atoms with Crippen LogP contribution in [0.15, 0.2) is 24.3 Å². The van der Waals surface area contributed by atoms with E-state index in [0.29, 0.717) is 12.1 Å². The van der Waals surface area contributed by atoms with Crippen molar-refractivity contribution in [3.05, 3.63) is 39.9 Å². The summed E-state index contributed by atoms with van der Waals surface area (Å²) in [5.41, 5.74) is -1.07. The fraction of sp³-hybridized carbons (Fsp3) is 0.550. The van der Waals surface area contributed by atoms with E-state index in [0.717, 1.165) is 24.2 Å². The topological polar surface area (TPSA) is 113 Å².